The van der Waals surface area contributed by atoms with Crippen LogP contribution in [0.1, 0.15) is 32.0 Å². The first-order valence-corrected chi connectivity index (χ1v) is 5.67. The van der Waals surface area contributed by atoms with Gasteiger partial charge in [-0.05, 0) is 26.2 Å². The predicted molar refractivity (Wildman–Crippen MR) is 58.4 cm³/mol. The summed E-state index contributed by atoms with van der Waals surface area (Å²) in [5, 5.41) is 13.1. The van der Waals surface area contributed by atoms with Crippen molar-refractivity contribution in [3.8, 4) is 0 Å². The normalized spacial score (nSPS) is 18.8. The molecule has 0 atom stereocenters. The van der Waals surface area contributed by atoms with Gasteiger partial charge in [-0.25, -0.2) is 4.98 Å². The molecule has 0 bridgehead atoms. The molecule has 0 radical (unpaired) electrons. The highest BCUT2D eigenvalue weighted by molar-refractivity contribution is 4.94. The van der Waals surface area contributed by atoms with Crippen LogP contribution in [0.4, 0.5) is 0 Å². The fraction of sp³-hybridized carbons (Fsp3) is 0.727. The SMILES string of the molecule is CCn1ccnc1CNCC1(O)CCC1. The van der Waals surface area contributed by atoms with E-state index in [0.29, 0.717) is 6.54 Å². The number of rotatable bonds is 5. The molecule has 0 unspecified atom stereocenters. The first-order valence-electron chi connectivity index (χ1n) is 5.67. The van der Waals surface area contributed by atoms with E-state index >= 15 is 0 Å². The number of nitrogens with zero attached hydrogens (tertiary/aromatic N) is 2. The molecule has 1 saturated carbocycles. The Labute approximate surface area is 90.3 Å². The van der Waals surface area contributed by atoms with Crippen LogP contribution in [0.5, 0.6) is 0 Å². The van der Waals surface area contributed by atoms with Crippen molar-refractivity contribution in [2.75, 3.05) is 6.54 Å². The summed E-state index contributed by atoms with van der Waals surface area (Å²) in [5.74, 6) is 1.04. The number of aryl methyl sites for hydroxylation is 1. The van der Waals surface area contributed by atoms with E-state index in [1.165, 1.54) is 0 Å². The van der Waals surface area contributed by atoms with Crippen molar-refractivity contribution in [1.29, 1.82) is 0 Å². The van der Waals surface area contributed by atoms with Crippen molar-refractivity contribution < 1.29 is 5.11 Å². The largest absolute Gasteiger partial charge is 0.389 e. The van der Waals surface area contributed by atoms with Crippen LogP contribution < -0.4 is 5.32 Å². The van der Waals surface area contributed by atoms with Crippen LogP contribution in [-0.2, 0) is 13.1 Å². The molecule has 84 valence electrons. The number of hydrogen-bond acceptors (Lipinski definition) is 3. The highest BCUT2D eigenvalue weighted by Crippen LogP contribution is 2.30. The highest BCUT2D eigenvalue weighted by Gasteiger charge is 2.33. The average molecular weight is 209 g/mol. The highest BCUT2D eigenvalue weighted by atomic mass is 16.3. The molecule has 15 heavy (non-hydrogen) atoms. The Bertz CT molecular complexity index is 317. The lowest BCUT2D eigenvalue weighted by Gasteiger charge is -2.36. The number of imidazole rings is 1. The second kappa shape index (κ2) is 4.33. The predicted octanol–water partition coefficient (Wildman–Crippen LogP) is 0.908. The first kappa shape index (κ1) is 10.6. The molecule has 1 aromatic rings. The van der Waals surface area contributed by atoms with Crippen LogP contribution in [0.15, 0.2) is 12.4 Å². The minimum absolute atomic E-state index is 0.441. The Morgan fingerprint density at radius 1 is 1.60 bits per heavy atom. The van der Waals surface area contributed by atoms with E-state index in [4.69, 9.17) is 0 Å². The smallest absolute Gasteiger partial charge is 0.122 e. The number of hydrogen-bond donors (Lipinski definition) is 2. The molecule has 4 heteroatoms. The second-order valence-corrected chi connectivity index (χ2v) is 4.31. The van der Waals surface area contributed by atoms with Gasteiger partial charge in [-0.15, -0.1) is 0 Å². The first-order chi connectivity index (χ1) is 7.23. The third-order valence-corrected chi connectivity index (χ3v) is 3.16. The average Bonchev–Trinajstić information content (AvgIpc) is 2.63. The Morgan fingerprint density at radius 3 is 3.00 bits per heavy atom. The Balaban J connectivity index is 1.78. The number of nitrogens with one attached hydrogen (secondary N) is 1. The topological polar surface area (TPSA) is 50.1 Å². The Hall–Kier alpha value is -0.870. The van der Waals surface area contributed by atoms with Crippen LogP contribution >= 0.6 is 0 Å². The minimum Gasteiger partial charge on any atom is -0.389 e. The van der Waals surface area contributed by atoms with E-state index in [1.807, 2.05) is 12.4 Å². The molecule has 0 aliphatic heterocycles. The van der Waals surface area contributed by atoms with Gasteiger partial charge in [0.25, 0.3) is 0 Å². The summed E-state index contributed by atoms with van der Waals surface area (Å²) >= 11 is 0. The van der Waals surface area contributed by atoms with Crippen LogP contribution in [0.3, 0.4) is 0 Å². The third-order valence-electron chi connectivity index (χ3n) is 3.16. The summed E-state index contributed by atoms with van der Waals surface area (Å²) in [6.07, 6.45) is 6.82. The van der Waals surface area contributed by atoms with Gasteiger partial charge < -0.3 is 15.0 Å². The maximum absolute atomic E-state index is 9.88. The van der Waals surface area contributed by atoms with Crippen LogP contribution in [-0.4, -0.2) is 26.8 Å². The van der Waals surface area contributed by atoms with Crippen molar-refractivity contribution in [1.82, 2.24) is 14.9 Å². The molecule has 0 aromatic carbocycles. The standard InChI is InChI=1S/C11H19N3O/c1-2-14-7-6-13-10(14)8-12-9-11(15)4-3-5-11/h6-7,12,15H,2-5,8-9H2,1H3. The van der Waals surface area contributed by atoms with Crippen LogP contribution in [0, 0.1) is 0 Å². The third kappa shape index (κ3) is 2.38. The van der Waals surface area contributed by atoms with Crippen LogP contribution in [0.2, 0.25) is 0 Å². The molecule has 1 fully saturated rings. The minimum atomic E-state index is -0.441. The van der Waals surface area contributed by atoms with Gasteiger partial charge in [0, 0.05) is 25.5 Å². The molecule has 1 aliphatic carbocycles. The van der Waals surface area contributed by atoms with Gasteiger partial charge in [-0.2, -0.15) is 0 Å². The zero-order valence-corrected chi connectivity index (χ0v) is 9.24. The Kier molecular flexibility index (Phi) is 3.07. The van der Waals surface area contributed by atoms with Gasteiger partial charge in [-0.3, -0.25) is 0 Å². The van der Waals surface area contributed by atoms with Gasteiger partial charge in [0.1, 0.15) is 5.82 Å². The lowest BCUT2D eigenvalue weighted by Crippen LogP contribution is -2.46. The fourth-order valence-corrected chi connectivity index (χ4v) is 1.96. The number of aliphatic hydroxyl groups is 1. The summed E-state index contributed by atoms with van der Waals surface area (Å²) in [6.45, 7) is 4.47. The zero-order chi connectivity index (χ0) is 10.7. The summed E-state index contributed by atoms with van der Waals surface area (Å²) < 4.78 is 2.11. The van der Waals surface area contributed by atoms with Gasteiger partial charge in [-0.1, -0.05) is 0 Å². The van der Waals surface area contributed by atoms with Crippen molar-refractivity contribution >= 4 is 0 Å². The molecular weight excluding hydrogens is 190 g/mol. The van der Waals surface area contributed by atoms with Crippen LogP contribution in [0.25, 0.3) is 0 Å². The quantitative estimate of drug-likeness (QED) is 0.757. The zero-order valence-electron chi connectivity index (χ0n) is 9.24. The lowest BCUT2D eigenvalue weighted by atomic mass is 9.80. The maximum Gasteiger partial charge on any atom is 0.122 e. The van der Waals surface area contributed by atoms with E-state index in [0.717, 1.165) is 38.2 Å². The van der Waals surface area contributed by atoms with Gasteiger partial charge in [0.05, 0.1) is 12.1 Å². The van der Waals surface area contributed by atoms with E-state index in [9.17, 15) is 5.11 Å². The van der Waals surface area contributed by atoms with E-state index in [2.05, 4.69) is 21.8 Å². The Morgan fingerprint density at radius 2 is 2.40 bits per heavy atom. The van der Waals surface area contributed by atoms with Gasteiger partial charge >= 0.3 is 0 Å². The van der Waals surface area contributed by atoms with E-state index < -0.39 is 5.60 Å². The molecule has 4 nitrogen and oxygen atoms in total. The van der Waals surface area contributed by atoms with Crippen molar-refractivity contribution in [2.45, 2.75) is 44.9 Å². The molecule has 0 spiro atoms. The lowest BCUT2D eigenvalue weighted by molar-refractivity contribution is -0.0316. The molecule has 2 rings (SSSR count). The van der Waals surface area contributed by atoms with E-state index in [1.54, 1.807) is 0 Å². The molecule has 0 saturated heterocycles. The molecule has 2 N–H and O–H groups in total. The van der Waals surface area contributed by atoms with E-state index in [-0.39, 0.29) is 0 Å². The molecule has 1 heterocycles. The van der Waals surface area contributed by atoms with Gasteiger partial charge in [0.15, 0.2) is 0 Å². The van der Waals surface area contributed by atoms with Gasteiger partial charge in [0.2, 0.25) is 0 Å². The van der Waals surface area contributed by atoms with Crippen molar-refractivity contribution in [2.24, 2.45) is 0 Å². The fourth-order valence-electron chi connectivity index (χ4n) is 1.96. The van der Waals surface area contributed by atoms with Crippen molar-refractivity contribution in [3.63, 3.8) is 0 Å². The molecule has 0 amide bonds. The monoisotopic (exact) mass is 209 g/mol. The molecule has 1 aromatic heterocycles. The number of aromatic nitrogens is 2. The summed E-state index contributed by atoms with van der Waals surface area (Å²) in [5.41, 5.74) is -0.441. The maximum atomic E-state index is 9.88. The molecular formula is C11H19N3O. The summed E-state index contributed by atoms with van der Waals surface area (Å²) in [4.78, 5) is 4.27. The summed E-state index contributed by atoms with van der Waals surface area (Å²) in [6, 6.07) is 0. The second-order valence-electron chi connectivity index (χ2n) is 4.31. The molecule has 1 aliphatic rings. The summed E-state index contributed by atoms with van der Waals surface area (Å²) in [7, 11) is 0. The van der Waals surface area contributed by atoms with Crippen molar-refractivity contribution in [3.05, 3.63) is 18.2 Å².